The molecule has 0 unspecified atom stereocenters. The Morgan fingerprint density at radius 1 is 0.815 bits per heavy atom. The molecule has 0 radical (unpaired) electrons. The Balaban J connectivity index is 3.21. The summed E-state index contributed by atoms with van der Waals surface area (Å²) in [6, 6.07) is 1.52. The summed E-state index contributed by atoms with van der Waals surface area (Å²) >= 11 is 0. The van der Waals surface area contributed by atoms with Crippen LogP contribution in [0.1, 0.15) is 50.8 Å². The largest absolute Gasteiger partial charge is 0.416 e. The minimum Gasteiger partial charge on any atom is -0.380 e. The fourth-order valence-corrected chi connectivity index (χ4v) is 2.92. The van der Waals surface area contributed by atoms with Crippen molar-refractivity contribution in [2.75, 3.05) is 0 Å². The van der Waals surface area contributed by atoms with Crippen LogP contribution in [0.4, 0.5) is 26.3 Å². The van der Waals surface area contributed by atoms with Crippen molar-refractivity contribution in [1.82, 2.24) is 0 Å². The van der Waals surface area contributed by atoms with Gasteiger partial charge >= 0.3 is 12.4 Å². The van der Waals surface area contributed by atoms with Gasteiger partial charge in [0, 0.05) is 6.42 Å². The molecule has 0 aromatic heterocycles. The Morgan fingerprint density at radius 3 is 1.52 bits per heavy atom. The summed E-state index contributed by atoms with van der Waals surface area (Å²) in [5.74, 6) is -1.51. The third-order valence-corrected chi connectivity index (χ3v) is 4.13. The van der Waals surface area contributed by atoms with Crippen molar-refractivity contribution >= 4 is 10.5 Å². The van der Waals surface area contributed by atoms with Crippen LogP contribution in [0.15, 0.2) is 18.2 Å². The van der Waals surface area contributed by atoms with Crippen LogP contribution in [0.5, 0.6) is 0 Å². The predicted octanol–water partition coefficient (Wildman–Crippen LogP) is 4.46. The molecule has 0 saturated carbocycles. The first-order valence-corrected chi connectivity index (χ1v) is 9.19. The number of benzene rings is 1. The van der Waals surface area contributed by atoms with Crippen molar-refractivity contribution in [3.63, 3.8) is 0 Å². The minimum atomic E-state index is -4.88. The third kappa shape index (κ3) is 7.44. The van der Waals surface area contributed by atoms with E-state index in [-0.39, 0.29) is 47.2 Å². The van der Waals surface area contributed by atoms with Gasteiger partial charge in [-0.15, -0.1) is 0 Å². The lowest BCUT2D eigenvalue weighted by Gasteiger charge is -2.36. The van der Waals surface area contributed by atoms with E-state index in [1.807, 2.05) is 0 Å². The van der Waals surface area contributed by atoms with Crippen molar-refractivity contribution in [1.29, 1.82) is 0 Å². The minimum absolute atomic E-state index is 0.0501. The van der Waals surface area contributed by atoms with E-state index in [9.17, 15) is 26.3 Å². The molecule has 1 aromatic rings. The van der Waals surface area contributed by atoms with Crippen molar-refractivity contribution in [3.05, 3.63) is 34.9 Å². The molecule has 10 heteroatoms. The first-order chi connectivity index (χ1) is 12.2. The molecule has 1 aromatic carbocycles. The molecule has 0 fully saturated rings. The second kappa shape index (κ2) is 8.93. The Kier molecular flexibility index (Phi) is 7.92. The lowest BCUT2D eigenvalue weighted by atomic mass is 10.0. The molecule has 0 N–H and O–H groups in total. The van der Waals surface area contributed by atoms with Gasteiger partial charge in [0.25, 0.3) is 5.97 Å². The zero-order valence-corrected chi connectivity index (χ0v) is 17.8. The zero-order valence-electron chi connectivity index (χ0n) is 15.8. The van der Waals surface area contributed by atoms with Crippen LogP contribution >= 0.6 is 0 Å². The average molecular weight is 418 g/mol. The SMILES string of the molecule is CC(C)OC(CCc1cc(C(F)(F)F)cc(C(F)(F)F)c1)(O[SiH3])OC(C)C. The van der Waals surface area contributed by atoms with Crippen molar-refractivity contribution in [2.45, 2.75) is 71.1 Å². The lowest BCUT2D eigenvalue weighted by Crippen LogP contribution is -2.43. The second-order valence-corrected chi connectivity index (χ2v) is 7.04. The molecule has 27 heavy (non-hydrogen) atoms. The molecule has 0 amide bonds. The maximum Gasteiger partial charge on any atom is 0.416 e. The topological polar surface area (TPSA) is 27.7 Å². The molecular weight excluding hydrogens is 394 g/mol. The molecule has 0 heterocycles. The highest BCUT2D eigenvalue weighted by Crippen LogP contribution is 2.37. The van der Waals surface area contributed by atoms with E-state index in [1.54, 1.807) is 27.7 Å². The Morgan fingerprint density at radius 2 is 1.22 bits per heavy atom. The van der Waals surface area contributed by atoms with Crippen LogP contribution in [0, 0.1) is 0 Å². The van der Waals surface area contributed by atoms with E-state index < -0.39 is 29.5 Å². The van der Waals surface area contributed by atoms with E-state index >= 15 is 0 Å². The van der Waals surface area contributed by atoms with Crippen LogP contribution in [0.2, 0.25) is 0 Å². The number of hydrogen-bond donors (Lipinski definition) is 0. The van der Waals surface area contributed by atoms with E-state index in [4.69, 9.17) is 13.9 Å². The fraction of sp³-hybridized carbons (Fsp3) is 0.647. The smallest absolute Gasteiger partial charge is 0.380 e. The second-order valence-electron chi connectivity index (χ2n) is 6.63. The number of rotatable bonds is 8. The van der Waals surface area contributed by atoms with Crippen LogP contribution in [-0.4, -0.2) is 28.7 Å². The van der Waals surface area contributed by atoms with Crippen molar-refractivity contribution in [2.24, 2.45) is 0 Å². The maximum atomic E-state index is 13.0. The van der Waals surface area contributed by atoms with E-state index in [0.717, 1.165) is 0 Å². The summed E-state index contributed by atoms with van der Waals surface area (Å²) < 4.78 is 94.7. The summed E-state index contributed by atoms with van der Waals surface area (Å²) in [5.41, 5.74) is -2.82. The normalized spacial score (nSPS) is 13.8. The highest BCUT2D eigenvalue weighted by Gasteiger charge is 2.38. The first-order valence-electron chi connectivity index (χ1n) is 8.37. The molecule has 0 atom stereocenters. The van der Waals surface area contributed by atoms with E-state index in [1.165, 1.54) is 0 Å². The molecule has 0 bridgehead atoms. The quantitative estimate of drug-likeness (QED) is 0.355. The van der Waals surface area contributed by atoms with Crippen LogP contribution in [0.25, 0.3) is 0 Å². The van der Waals surface area contributed by atoms with E-state index in [2.05, 4.69) is 0 Å². The summed E-state index contributed by atoms with van der Waals surface area (Å²) in [4.78, 5) is 0. The molecular formula is C17H24F6O3Si. The maximum absolute atomic E-state index is 13.0. The van der Waals surface area contributed by atoms with E-state index in [0.29, 0.717) is 12.1 Å². The average Bonchev–Trinajstić information content (AvgIpc) is 2.49. The summed E-state index contributed by atoms with van der Waals surface area (Å²) in [5, 5.41) is 0. The van der Waals surface area contributed by atoms with Crippen LogP contribution in [-0.2, 0) is 32.7 Å². The highest BCUT2D eigenvalue weighted by molar-refractivity contribution is 5.98. The molecule has 0 saturated heterocycles. The molecule has 0 aliphatic heterocycles. The molecule has 156 valence electrons. The Hall–Kier alpha value is -1.10. The van der Waals surface area contributed by atoms with Gasteiger partial charge in [0.15, 0.2) is 10.5 Å². The summed E-state index contributed by atoms with van der Waals surface area (Å²) in [6.07, 6.45) is -10.6. The van der Waals surface area contributed by atoms with Gasteiger partial charge in [-0.3, -0.25) is 0 Å². The van der Waals surface area contributed by atoms with Crippen LogP contribution < -0.4 is 0 Å². The monoisotopic (exact) mass is 418 g/mol. The molecule has 3 nitrogen and oxygen atoms in total. The van der Waals surface area contributed by atoms with Crippen molar-refractivity contribution < 1.29 is 40.2 Å². The first kappa shape index (κ1) is 23.9. The Bertz CT molecular complexity index is 571. The van der Waals surface area contributed by atoms with Crippen molar-refractivity contribution in [3.8, 4) is 0 Å². The zero-order chi connectivity index (χ0) is 21.0. The van der Waals surface area contributed by atoms with Gasteiger partial charge in [0.1, 0.15) is 0 Å². The van der Waals surface area contributed by atoms with Gasteiger partial charge in [-0.2, -0.15) is 26.3 Å². The van der Waals surface area contributed by atoms with Gasteiger partial charge in [-0.25, -0.2) is 0 Å². The number of alkyl halides is 6. The number of ether oxygens (including phenoxy) is 2. The molecule has 0 spiro atoms. The highest BCUT2D eigenvalue weighted by atomic mass is 28.2. The predicted molar refractivity (Wildman–Crippen MR) is 91.0 cm³/mol. The molecule has 0 aliphatic rings. The Labute approximate surface area is 157 Å². The van der Waals surface area contributed by atoms with Gasteiger partial charge in [0.2, 0.25) is 0 Å². The molecule has 1 rings (SSSR count). The van der Waals surface area contributed by atoms with Crippen LogP contribution in [0.3, 0.4) is 0 Å². The van der Waals surface area contributed by atoms with Gasteiger partial charge in [-0.1, -0.05) is 0 Å². The third-order valence-electron chi connectivity index (χ3n) is 3.51. The van der Waals surface area contributed by atoms with Gasteiger partial charge in [0.05, 0.1) is 23.3 Å². The number of halogens is 6. The standard InChI is InChI=1S/C17H24F6O3Si/c1-10(2)24-15(26-27,25-11(3)4)6-5-12-7-13(16(18,19)20)9-14(8-12)17(21,22)23/h7-11H,5-6H2,1-4,27H3. The summed E-state index contributed by atoms with van der Waals surface area (Å²) in [6.45, 7) is 6.91. The van der Waals surface area contributed by atoms with Gasteiger partial charge in [-0.05, 0) is 57.9 Å². The summed E-state index contributed by atoms with van der Waals surface area (Å²) in [7, 11) is 0.205. The number of aryl methyl sites for hydroxylation is 1. The van der Waals surface area contributed by atoms with Gasteiger partial charge < -0.3 is 13.9 Å². The number of hydrogen-bond acceptors (Lipinski definition) is 3. The molecule has 0 aliphatic carbocycles. The fourth-order valence-electron chi connectivity index (χ4n) is 2.52. The lowest BCUT2D eigenvalue weighted by molar-refractivity contribution is -0.368.